The van der Waals surface area contributed by atoms with E-state index in [4.69, 9.17) is 11.6 Å². The first-order valence-electron chi connectivity index (χ1n) is 5.96. The van der Waals surface area contributed by atoms with Gasteiger partial charge in [0, 0.05) is 5.88 Å². The van der Waals surface area contributed by atoms with E-state index >= 15 is 0 Å². The highest BCUT2D eigenvalue weighted by molar-refractivity contribution is 6.18. The van der Waals surface area contributed by atoms with Crippen molar-refractivity contribution in [3.8, 4) is 0 Å². The summed E-state index contributed by atoms with van der Waals surface area (Å²) in [5, 5.41) is 10.1. The molecule has 0 heterocycles. The monoisotopic (exact) mass is 214 g/mol. The molecule has 4 bridgehead atoms. The number of halogens is 1. The van der Waals surface area contributed by atoms with E-state index in [1.165, 1.54) is 38.5 Å². The van der Waals surface area contributed by atoms with Crippen molar-refractivity contribution in [2.24, 2.45) is 23.2 Å². The van der Waals surface area contributed by atoms with E-state index in [0.717, 1.165) is 17.8 Å². The van der Waals surface area contributed by atoms with Crippen LogP contribution in [0.2, 0.25) is 0 Å². The van der Waals surface area contributed by atoms with Gasteiger partial charge in [-0.15, -0.1) is 11.6 Å². The highest BCUT2D eigenvalue weighted by atomic mass is 35.5. The van der Waals surface area contributed by atoms with Gasteiger partial charge in [-0.2, -0.15) is 0 Å². The van der Waals surface area contributed by atoms with Crippen LogP contribution in [0.25, 0.3) is 0 Å². The maximum absolute atomic E-state index is 10.1. The molecule has 1 N–H and O–H groups in total. The summed E-state index contributed by atoms with van der Waals surface area (Å²) in [5.74, 6) is 3.18. The Kier molecular flexibility index (Phi) is 2.11. The first-order chi connectivity index (χ1) is 6.72. The molecule has 4 fully saturated rings. The maximum atomic E-state index is 10.1. The van der Waals surface area contributed by atoms with Gasteiger partial charge in [-0.1, -0.05) is 0 Å². The lowest BCUT2D eigenvalue weighted by atomic mass is 9.48. The number of rotatable bonds is 2. The van der Waals surface area contributed by atoms with Crippen molar-refractivity contribution >= 4 is 11.6 Å². The van der Waals surface area contributed by atoms with Crippen molar-refractivity contribution in [1.82, 2.24) is 0 Å². The molecule has 0 amide bonds. The molecule has 14 heavy (non-hydrogen) atoms. The summed E-state index contributed by atoms with van der Waals surface area (Å²) in [4.78, 5) is 0. The molecular weight excluding hydrogens is 196 g/mol. The van der Waals surface area contributed by atoms with Crippen molar-refractivity contribution in [3.63, 3.8) is 0 Å². The summed E-state index contributed by atoms with van der Waals surface area (Å²) >= 11 is 5.84. The second-order valence-electron chi connectivity index (χ2n) is 5.95. The van der Waals surface area contributed by atoms with Crippen LogP contribution < -0.4 is 0 Å². The minimum Gasteiger partial charge on any atom is -0.391 e. The van der Waals surface area contributed by atoms with Gasteiger partial charge in [-0.25, -0.2) is 0 Å². The van der Waals surface area contributed by atoms with Crippen molar-refractivity contribution in [2.75, 3.05) is 5.88 Å². The Morgan fingerprint density at radius 1 is 1.07 bits per heavy atom. The van der Waals surface area contributed by atoms with Crippen LogP contribution in [0.3, 0.4) is 0 Å². The molecule has 2 heteroatoms. The predicted molar refractivity (Wildman–Crippen MR) is 57.3 cm³/mol. The van der Waals surface area contributed by atoms with Crippen LogP contribution >= 0.6 is 11.6 Å². The number of hydrogen-bond acceptors (Lipinski definition) is 1. The second kappa shape index (κ2) is 3.12. The van der Waals surface area contributed by atoms with Crippen LogP contribution in [0, 0.1) is 23.2 Å². The van der Waals surface area contributed by atoms with Gasteiger partial charge in [0.25, 0.3) is 0 Å². The van der Waals surface area contributed by atoms with E-state index in [0.29, 0.717) is 5.88 Å². The van der Waals surface area contributed by atoms with Gasteiger partial charge in [0.05, 0.1) is 6.10 Å². The molecule has 0 aromatic rings. The lowest BCUT2D eigenvalue weighted by Crippen LogP contribution is -2.52. The normalized spacial score (nSPS) is 52.3. The smallest absolute Gasteiger partial charge is 0.0731 e. The third-order valence-corrected chi connectivity index (χ3v) is 5.23. The Morgan fingerprint density at radius 2 is 1.50 bits per heavy atom. The van der Waals surface area contributed by atoms with E-state index in [9.17, 15) is 5.11 Å². The van der Waals surface area contributed by atoms with Crippen molar-refractivity contribution < 1.29 is 5.11 Å². The average Bonchev–Trinajstić information content (AvgIpc) is 2.14. The fraction of sp³-hybridized carbons (Fsp3) is 1.00. The molecule has 80 valence electrons. The van der Waals surface area contributed by atoms with Gasteiger partial charge in [0.1, 0.15) is 0 Å². The lowest BCUT2D eigenvalue weighted by Gasteiger charge is -2.58. The zero-order valence-corrected chi connectivity index (χ0v) is 9.34. The molecule has 4 aliphatic carbocycles. The maximum Gasteiger partial charge on any atom is 0.0731 e. The van der Waals surface area contributed by atoms with Gasteiger partial charge < -0.3 is 5.11 Å². The Bertz CT molecular complexity index is 203. The standard InChI is InChI=1S/C12H19ClO/c13-7-11(14)12-4-8-1-9(5-12)3-10(2-8)6-12/h8-11,14H,1-7H2/t8?,9?,10?,11-,12?/m0/s1. The number of aliphatic hydroxyl groups excluding tert-OH is 1. The molecule has 4 saturated carbocycles. The molecule has 0 radical (unpaired) electrons. The van der Waals surface area contributed by atoms with E-state index in [-0.39, 0.29) is 11.5 Å². The van der Waals surface area contributed by atoms with Gasteiger partial charge in [0.15, 0.2) is 0 Å². The molecule has 4 rings (SSSR count). The van der Waals surface area contributed by atoms with Gasteiger partial charge in [-0.05, 0) is 61.7 Å². The van der Waals surface area contributed by atoms with Crippen molar-refractivity contribution in [3.05, 3.63) is 0 Å². The Morgan fingerprint density at radius 3 is 1.86 bits per heavy atom. The summed E-state index contributed by atoms with van der Waals surface area (Å²) in [7, 11) is 0. The molecular formula is C12H19ClO. The van der Waals surface area contributed by atoms with E-state index in [2.05, 4.69) is 0 Å². The summed E-state index contributed by atoms with van der Waals surface area (Å²) in [6, 6.07) is 0. The quantitative estimate of drug-likeness (QED) is 0.701. The molecule has 0 aliphatic heterocycles. The van der Waals surface area contributed by atoms with Crippen LogP contribution in [-0.4, -0.2) is 17.1 Å². The van der Waals surface area contributed by atoms with Crippen LogP contribution in [0.4, 0.5) is 0 Å². The van der Waals surface area contributed by atoms with Crippen molar-refractivity contribution in [2.45, 2.75) is 44.6 Å². The highest BCUT2D eigenvalue weighted by Crippen LogP contribution is 2.61. The third-order valence-electron chi connectivity index (χ3n) is 4.94. The molecule has 4 aliphatic rings. The summed E-state index contributed by atoms with van der Waals surface area (Å²) in [6.07, 6.45) is 7.85. The molecule has 0 aromatic carbocycles. The second-order valence-corrected chi connectivity index (χ2v) is 6.26. The van der Waals surface area contributed by atoms with Gasteiger partial charge in [0.2, 0.25) is 0 Å². The predicted octanol–water partition coefficient (Wildman–Crippen LogP) is 2.80. The van der Waals surface area contributed by atoms with Crippen LogP contribution in [0.15, 0.2) is 0 Å². The van der Waals surface area contributed by atoms with E-state index in [1.54, 1.807) is 0 Å². The number of aliphatic hydroxyl groups is 1. The molecule has 1 nitrogen and oxygen atoms in total. The zero-order valence-electron chi connectivity index (χ0n) is 8.58. The number of alkyl halides is 1. The Labute approximate surface area is 90.8 Å². The molecule has 0 unspecified atom stereocenters. The first kappa shape index (κ1) is 9.47. The Hall–Kier alpha value is 0.250. The largest absolute Gasteiger partial charge is 0.391 e. The summed E-state index contributed by atoms with van der Waals surface area (Å²) in [6.45, 7) is 0. The first-order valence-corrected chi connectivity index (χ1v) is 6.49. The SMILES string of the molecule is O[C@@H](CCl)C12CC3CC(CC(C3)C1)C2. The highest BCUT2D eigenvalue weighted by Gasteiger charge is 2.53. The van der Waals surface area contributed by atoms with Crippen molar-refractivity contribution in [1.29, 1.82) is 0 Å². The molecule has 0 spiro atoms. The minimum atomic E-state index is -0.238. The van der Waals surface area contributed by atoms with E-state index < -0.39 is 0 Å². The van der Waals surface area contributed by atoms with E-state index in [1.807, 2.05) is 0 Å². The summed E-state index contributed by atoms with van der Waals surface area (Å²) in [5.41, 5.74) is 0.233. The fourth-order valence-electron chi connectivity index (χ4n) is 4.75. The van der Waals surface area contributed by atoms with Gasteiger partial charge >= 0.3 is 0 Å². The van der Waals surface area contributed by atoms with Crippen LogP contribution in [-0.2, 0) is 0 Å². The topological polar surface area (TPSA) is 20.2 Å². The lowest BCUT2D eigenvalue weighted by molar-refractivity contribution is -0.112. The minimum absolute atomic E-state index is 0.233. The summed E-state index contributed by atoms with van der Waals surface area (Å²) < 4.78 is 0. The van der Waals surface area contributed by atoms with Crippen LogP contribution in [0.5, 0.6) is 0 Å². The van der Waals surface area contributed by atoms with Crippen LogP contribution in [0.1, 0.15) is 38.5 Å². The van der Waals surface area contributed by atoms with Gasteiger partial charge in [-0.3, -0.25) is 0 Å². The third kappa shape index (κ3) is 1.25. The molecule has 0 saturated heterocycles. The fourth-order valence-corrected chi connectivity index (χ4v) is 5.08. The molecule has 0 aromatic heterocycles. The average molecular weight is 215 g/mol. The number of hydrogen-bond donors (Lipinski definition) is 1. The Balaban J connectivity index is 1.87. The molecule has 1 atom stereocenters. The zero-order chi connectivity index (χ0) is 9.76.